The molecule has 1 fully saturated rings. The molecule has 2 N–H and O–H groups in total. The van der Waals surface area contributed by atoms with Gasteiger partial charge in [0.25, 0.3) is 0 Å². The first-order valence-corrected chi connectivity index (χ1v) is 13.5. The summed E-state index contributed by atoms with van der Waals surface area (Å²) in [6.07, 6.45) is 5.89. The molecule has 0 radical (unpaired) electrons. The van der Waals surface area contributed by atoms with Crippen LogP contribution in [0.1, 0.15) is 50.2 Å². The number of sulfone groups is 1. The highest BCUT2D eigenvalue weighted by Gasteiger charge is 2.38. The lowest BCUT2D eigenvalue weighted by molar-refractivity contribution is -0.134. The summed E-state index contributed by atoms with van der Waals surface area (Å²) in [4.78, 5) is 15.1. The summed E-state index contributed by atoms with van der Waals surface area (Å²) in [5, 5.41) is 0.719. The first-order chi connectivity index (χ1) is 15.2. The molecule has 2 aromatic carbocycles. The van der Waals surface area contributed by atoms with Gasteiger partial charge in [-0.2, -0.15) is 0 Å². The van der Waals surface area contributed by atoms with Crippen LogP contribution in [0.4, 0.5) is 0 Å². The van der Waals surface area contributed by atoms with E-state index >= 15 is 0 Å². The average Bonchev–Trinajstić information content (AvgIpc) is 2.79. The highest BCUT2D eigenvalue weighted by molar-refractivity contribution is 7.90. The first kappa shape index (κ1) is 27.6. The minimum absolute atomic E-state index is 0. The number of carbonyl (C=O) groups excluding carboxylic acids is 1. The Labute approximate surface area is 209 Å². The maximum atomic E-state index is 12.8. The van der Waals surface area contributed by atoms with Crippen LogP contribution >= 0.6 is 24.0 Å². The molecule has 1 saturated carbocycles. The number of hydrogen-bond acceptors (Lipinski definition) is 4. The lowest BCUT2D eigenvalue weighted by Gasteiger charge is -2.43. The largest absolute Gasteiger partial charge is 0.339 e. The Balaban J connectivity index is 0.00000385. The van der Waals surface area contributed by atoms with E-state index in [0.717, 1.165) is 36.3 Å². The average molecular weight is 514 g/mol. The Morgan fingerprint density at radius 2 is 1.82 bits per heavy atom. The van der Waals surface area contributed by atoms with Gasteiger partial charge in [0, 0.05) is 42.2 Å². The predicted molar refractivity (Wildman–Crippen MR) is 137 cm³/mol. The highest BCUT2D eigenvalue weighted by Crippen LogP contribution is 2.41. The molecule has 1 amide bonds. The van der Waals surface area contributed by atoms with Crippen LogP contribution in [0.25, 0.3) is 0 Å². The van der Waals surface area contributed by atoms with Gasteiger partial charge in [0.1, 0.15) is 0 Å². The van der Waals surface area contributed by atoms with Gasteiger partial charge >= 0.3 is 0 Å². The maximum Gasteiger partial charge on any atom is 0.222 e. The van der Waals surface area contributed by atoms with E-state index in [1.165, 1.54) is 11.8 Å². The lowest BCUT2D eigenvalue weighted by atomic mass is 9.68. The van der Waals surface area contributed by atoms with E-state index in [2.05, 4.69) is 6.07 Å². The fourth-order valence-corrected chi connectivity index (χ4v) is 5.67. The number of nitrogens with two attached hydrogens (primary N) is 1. The second kappa shape index (κ2) is 11.7. The highest BCUT2D eigenvalue weighted by atomic mass is 35.5. The quantitative estimate of drug-likeness (QED) is 0.551. The van der Waals surface area contributed by atoms with Crippen LogP contribution in [0.3, 0.4) is 0 Å². The third kappa shape index (κ3) is 6.72. The van der Waals surface area contributed by atoms with Crippen molar-refractivity contribution in [2.24, 2.45) is 5.73 Å². The molecule has 1 aliphatic rings. The molecule has 0 unspecified atom stereocenters. The molecule has 0 aliphatic heterocycles. The summed E-state index contributed by atoms with van der Waals surface area (Å²) in [6.45, 7) is 3.02. The number of carbonyl (C=O) groups is 1. The number of amides is 1. The zero-order valence-electron chi connectivity index (χ0n) is 19.3. The molecule has 33 heavy (non-hydrogen) atoms. The Morgan fingerprint density at radius 1 is 1.15 bits per heavy atom. The SMILES string of the molecule is CCC(=O)N(CCc1cccc(S(C)(=O)=O)c1)[C@H]1CC[C@](CN)(c2cccc(Cl)c2)CC1.Cl. The molecule has 2 aromatic rings. The molecule has 0 spiro atoms. The van der Waals surface area contributed by atoms with E-state index in [0.29, 0.717) is 30.8 Å². The lowest BCUT2D eigenvalue weighted by Crippen LogP contribution is -2.48. The van der Waals surface area contributed by atoms with E-state index in [9.17, 15) is 13.2 Å². The smallest absolute Gasteiger partial charge is 0.222 e. The van der Waals surface area contributed by atoms with Gasteiger partial charge in [0.2, 0.25) is 5.91 Å². The van der Waals surface area contributed by atoms with E-state index < -0.39 is 9.84 Å². The van der Waals surface area contributed by atoms with Crippen molar-refractivity contribution in [1.29, 1.82) is 0 Å². The van der Waals surface area contributed by atoms with Crippen LogP contribution in [0.15, 0.2) is 53.4 Å². The molecule has 182 valence electrons. The van der Waals surface area contributed by atoms with Gasteiger partial charge in [-0.25, -0.2) is 8.42 Å². The van der Waals surface area contributed by atoms with Crippen molar-refractivity contribution in [2.75, 3.05) is 19.3 Å². The summed E-state index contributed by atoms with van der Waals surface area (Å²) < 4.78 is 23.7. The zero-order valence-corrected chi connectivity index (χ0v) is 21.7. The molecule has 1 aliphatic carbocycles. The van der Waals surface area contributed by atoms with Gasteiger partial charge in [-0.15, -0.1) is 12.4 Å². The van der Waals surface area contributed by atoms with E-state index in [1.807, 2.05) is 36.1 Å². The van der Waals surface area contributed by atoms with Crippen molar-refractivity contribution in [3.63, 3.8) is 0 Å². The topological polar surface area (TPSA) is 80.5 Å². The van der Waals surface area contributed by atoms with Gasteiger partial charge in [0.05, 0.1) is 4.90 Å². The van der Waals surface area contributed by atoms with Crippen molar-refractivity contribution in [2.45, 2.75) is 61.8 Å². The Bertz CT molecular complexity index is 1050. The second-order valence-electron chi connectivity index (χ2n) is 8.84. The van der Waals surface area contributed by atoms with Gasteiger partial charge < -0.3 is 10.6 Å². The van der Waals surface area contributed by atoms with Gasteiger partial charge in [-0.1, -0.05) is 42.8 Å². The third-order valence-corrected chi connectivity index (χ3v) is 8.12. The number of nitrogens with zero attached hydrogens (tertiary/aromatic N) is 1. The van der Waals surface area contributed by atoms with Crippen LogP contribution in [0, 0.1) is 0 Å². The summed E-state index contributed by atoms with van der Waals surface area (Å²) in [5.74, 6) is 0.136. The predicted octanol–water partition coefficient (Wildman–Crippen LogP) is 4.79. The molecular formula is C25H34Cl2N2O3S. The third-order valence-electron chi connectivity index (χ3n) is 6.77. The molecule has 5 nitrogen and oxygen atoms in total. The Hall–Kier alpha value is -1.60. The first-order valence-electron chi connectivity index (χ1n) is 11.2. The molecule has 0 atom stereocenters. The van der Waals surface area contributed by atoms with Crippen molar-refractivity contribution in [1.82, 2.24) is 4.90 Å². The molecule has 8 heteroatoms. The molecule has 0 heterocycles. The molecule has 0 saturated heterocycles. The fraction of sp³-hybridized carbons (Fsp3) is 0.480. The molecule has 3 rings (SSSR count). The standard InChI is InChI=1S/C25H33ClN2O3S.ClH/c1-3-24(29)28(15-12-19-6-4-9-23(16-19)32(2,30)31)22-10-13-25(18-27,14-11-22)20-7-5-8-21(26)17-20;/h4-9,16-17,22H,3,10-15,18,27H2,1-2H3;1H/t22-,25-;. The molecule has 0 aromatic heterocycles. The van der Waals surface area contributed by atoms with Crippen LogP contribution in [0.2, 0.25) is 5.02 Å². The van der Waals surface area contributed by atoms with Gasteiger partial charge in [-0.05, 0) is 67.5 Å². The zero-order chi connectivity index (χ0) is 23.4. The summed E-state index contributed by atoms with van der Waals surface area (Å²) in [5.41, 5.74) is 8.24. The number of halogens is 2. The summed E-state index contributed by atoms with van der Waals surface area (Å²) in [7, 11) is -3.25. The second-order valence-corrected chi connectivity index (χ2v) is 11.3. The molecular weight excluding hydrogens is 479 g/mol. The van der Waals surface area contributed by atoms with Gasteiger partial charge in [0.15, 0.2) is 9.84 Å². The number of rotatable bonds is 8. The van der Waals surface area contributed by atoms with Crippen molar-refractivity contribution in [3.8, 4) is 0 Å². The summed E-state index contributed by atoms with van der Waals surface area (Å²) in [6, 6.07) is 15.1. The molecule has 0 bridgehead atoms. The van der Waals surface area contributed by atoms with Crippen molar-refractivity contribution in [3.05, 3.63) is 64.7 Å². The summed E-state index contributed by atoms with van der Waals surface area (Å²) >= 11 is 6.23. The van der Waals surface area contributed by atoms with Crippen molar-refractivity contribution < 1.29 is 13.2 Å². The van der Waals surface area contributed by atoms with Gasteiger partial charge in [-0.3, -0.25) is 4.79 Å². The van der Waals surface area contributed by atoms with E-state index in [1.54, 1.807) is 18.2 Å². The number of benzene rings is 2. The van der Waals surface area contributed by atoms with E-state index in [4.69, 9.17) is 17.3 Å². The normalized spacial score (nSPS) is 20.7. The number of hydrogen-bond donors (Lipinski definition) is 1. The van der Waals surface area contributed by atoms with Crippen LogP contribution < -0.4 is 5.73 Å². The van der Waals surface area contributed by atoms with E-state index in [-0.39, 0.29) is 29.8 Å². The van der Waals surface area contributed by atoms with Crippen molar-refractivity contribution >= 4 is 39.8 Å². The Kier molecular flexibility index (Phi) is 9.80. The minimum atomic E-state index is -3.25. The van der Waals surface area contributed by atoms with Crippen LogP contribution in [-0.4, -0.2) is 44.6 Å². The maximum absolute atomic E-state index is 12.8. The fourth-order valence-electron chi connectivity index (χ4n) is 4.79. The minimum Gasteiger partial charge on any atom is -0.339 e. The van der Waals surface area contributed by atoms with Crippen LogP contribution in [0.5, 0.6) is 0 Å². The monoisotopic (exact) mass is 512 g/mol. The Morgan fingerprint density at radius 3 is 2.39 bits per heavy atom. The van der Waals surface area contributed by atoms with Crippen LogP contribution in [-0.2, 0) is 26.5 Å².